The number of aryl methyl sites for hydroxylation is 1. The molecule has 0 aliphatic carbocycles. The Morgan fingerprint density at radius 2 is 1.94 bits per heavy atom. The first-order valence-corrected chi connectivity index (χ1v) is 5.64. The number of aliphatic carboxylic acids is 2. The van der Waals surface area contributed by atoms with Crippen molar-refractivity contribution in [3.8, 4) is 0 Å². The summed E-state index contributed by atoms with van der Waals surface area (Å²) in [5.41, 5.74) is 0.805. The largest absolute Gasteiger partial charge is 0.480 e. The van der Waals surface area contributed by atoms with Crippen LogP contribution in [0, 0.1) is 0 Å². The van der Waals surface area contributed by atoms with Gasteiger partial charge in [-0.3, -0.25) is 19.2 Å². The molecule has 7 heteroatoms. The molecule has 2 N–H and O–H groups in total. The Labute approximate surface area is 105 Å². The van der Waals surface area contributed by atoms with Gasteiger partial charge < -0.3 is 10.2 Å². The summed E-state index contributed by atoms with van der Waals surface area (Å²) in [6, 6.07) is -0.308. The second-order valence-corrected chi connectivity index (χ2v) is 4.00. The fraction of sp³-hybridized carbons (Fsp3) is 0.545. The molecule has 100 valence electrons. The molecular formula is C11H17N3O4. The summed E-state index contributed by atoms with van der Waals surface area (Å²) in [6.45, 7) is 3.79. The van der Waals surface area contributed by atoms with Gasteiger partial charge in [-0.2, -0.15) is 5.10 Å². The van der Waals surface area contributed by atoms with Crippen LogP contribution >= 0.6 is 0 Å². The van der Waals surface area contributed by atoms with Gasteiger partial charge in [0.1, 0.15) is 0 Å². The van der Waals surface area contributed by atoms with E-state index in [0.717, 1.165) is 5.56 Å². The minimum Gasteiger partial charge on any atom is -0.480 e. The number of carboxylic acids is 2. The van der Waals surface area contributed by atoms with Crippen LogP contribution in [0.15, 0.2) is 12.4 Å². The maximum atomic E-state index is 10.7. The zero-order valence-electron chi connectivity index (χ0n) is 10.4. The minimum atomic E-state index is -1.05. The Hall–Kier alpha value is -1.89. The molecule has 1 aromatic rings. The first-order valence-electron chi connectivity index (χ1n) is 5.64. The normalized spacial score (nSPS) is 12.6. The average Bonchev–Trinajstić information content (AvgIpc) is 2.74. The summed E-state index contributed by atoms with van der Waals surface area (Å²) >= 11 is 0. The summed E-state index contributed by atoms with van der Waals surface area (Å²) in [4.78, 5) is 22.8. The molecule has 0 saturated heterocycles. The highest BCUT2D eigenvalue weighted by molar-refractivity contribution is 5.72. The summed E-state index contributed by atoms with van der Waals surface area (Å²) < 4.78 is 1.71. The highest BCUT2D eigenvalue weighted by atomic mass is 16.4. The second kappa shape index (κ2) is 6.15. The van der Waals surface area contributed by atoms with Crippen LogP contribution < -0.4 is 0 Å². The predicted molar refractivity (Wildman–Crippen MR) is 63.2 cm³/mol. The lowest BCUT2D eigenvalue weighted by molar-refractivity contribution is -0.142. The number of rotatable bonds is 7. The Morgan fingerprint density at radius 3 is 2.33 bits per heavy atom. The van der Waals surface area contributed by atoms with Gasteiger partial charge in [-0.1, -0.05) is 0 Å². The molecule has 1 unspecified atom stereocenters. The quantitative estimate of drug-likeness (QED) is 0.733. The van der Waals surface area contributed by atoms with Gasteiger partial charge in [0.2, 0.25) is 0 Å². The lowest BCUT2D eigenvalue weighted by Gasteiger charge is -2.24. The van der Waals surface area contributed by atoms with E-state index >= 15 is 0 Å². The number of aromatic nitrogens is 2. The van der Waals surface area contributed by atoms with Crippen LogP contribution in [0.25, 0.3) is 0 Å². The van der Waals surface area contributed by atoms with E-state index in [1.807, 2.05) is 6.92 Å². The maximum absolute atomic E-state index is 10.7. The number of carboxylic acid groups (broad SMARTS) is 2. The molecule has 0 aliphatic rings. The van der Waals surface area contributed by atoms with Gasteiger partial charge in [-0.25, -0.2) is 0 Å². The number of hydrogen-bond acceptors (Lipinski definition) is 4. The van der Waals surface area contributed by atoms with E-state index < -0.39 is 11.9 Å². The van der Waals surface area contributed by atoms with Crippen LogP contribution in [0.5, 0.6) is 0 Å². The topological polar surface area (TPSA) is 95.7 Å². The van der Waals surface area contributed by atoms with Crippen molar-refractivity contribution in [2.45, 2.75) is 26.4 Å². The van der Waals surface area contributed by atoms with Crippen LogP contribution in [0.3, 0.4) is 0 Å². The van der Waals surface area contributed by atoms with E-state index in [2.05, 4.69) is 5.10 Å². The highest BCUT2D eigenvalue weighted by Crippen LogP contribution is 2.19. The van der Waals surface area contributed by atoms with Crippen molar-refractivity contribution in [3.05, 3.63) is 18.0 Å². The molecule has 1 rings (SSSR count). The third-order valence-electron chi connectivity index (χ3n) is 2.68. The third-order valence-corrected chi connectivity index (χ3v) is 2.68. The van der Waals surface area contributed by atoms with Gasteiger partial charge in [-0.15, -0.1) is 0 Å². The molecule has 1 heterocycles. The van der Waals surface area contributed by atoms with Crippen molar-refractivity contribution in [3.63, 3.8) is 0 Å². The minimum absolute atomic E-state index is 0.308. The SMILES string of the molecule is CCn1cc(C(C)N(CC(=O)O)CC(=O)O)cn1. The zero-order chi connectivity index (χ0) is 13.7. The van der Waals surface area contributed by atoms with Crippen LogP contribution in [0.1, 0.15) is 25.5 Å². The van der Waals surface area contributed by atoms with Crippen molar-refractivity contribution in [1.82, 2.24) is 14.7 Å². The lowest BCUT2D eigenvalue weighted by atomic mass is 10.1. The van der Waals surface area contributed by atoms with E-state index in [9.17, 15) is 9.59 Å². The average molecular weight is 255 g/mol. The molecular weight excluding hydrogens is 238 g/mol. The molecule has 0 spiro atoms. The Morgan fingerprint density at radius 1 is 1.39 bits per heavy atom. The van der Waals surface area contributed by atoms with Gasteiger partial charge in [0, 0.05) is 24.3 Å². The highest BCUT2D eigenvalue weighted by Gasteiger charge is 2.21. The summed E-state index contributed by atoms with van der Waals surface area (Å²) in [7, 11) is 0. The number of nitrogens with zero attached hydrogens (tertiary/aromatic N) is 3. The molecule has 0 fully saturated rings. The maximum Gasteiger partial charge on any atom is 0.317 e. The molecule has 0 aliphatic heterocycles. The molecule has 0 saturated carbocycles. The van der Waals surface area contributed by atoms with Crippen LogP contribution in [-0.2, 0) is 16.1 Å². The number of hydrogen-bond donors (Lipinski definition) is 2. The van der Waals surface area contributed by atoms with Gasteiger partial charge in [0.25, 0.3) is 0 Å². The van der Waals surface area contributed by atoms with E-state index in [1.165, 1.54) is 4.90 Å². The van der Waals surface area contributed by atoms with Crippen LogP contribution in [0.4, 0.5) is 0 Å². The van der Waals surface area contributed by atoms with Gasteiger partial charge in [-0.05, 0) is 13.8 Å². The first-order chi connectivity index (χ1) is 8.43. The van der Waals surface area contributed by atoms with E-state index in [1.54, 1.807) is 24.0 Å². The van der Waals surface area contributed by atoms with Crippen molar-refractivity contribution >= 4 is 11.9 Å². The summed E-state index contributed by atoms with van der Waals surface area (Å²) in [5, 5.41) is 21.7. The van der Waals surface area contributed by atoms with Crippen LogP contribution in [-0.4, -0.2) is 49.9 Å². The van der Waals surface area contributed by atoms with Crippen LogP contribution in [0.2, 0.25) is 0 Å². The lowest BCUT2D eigenvalue weighted by Crippen LogP contribution is -2.36. The third kappa shape index (κ3) is 3.85. The van der Waals surface area contributed by atoms with E-state index in [4.69, 9.17) is 10.2 Å². The monoisotopic (exact) mass is 255 g/mol. The second-order valence-electron chi connectivity index (χ2n) is 4.00. The predicted octanol–water partition coefficient (Wildman–Crippen LogP) is 0.435. The molecule has 0 radical (unpaired) electrons. The fourth-order valence-electron chi connectivity index (χ4n) is 1.66. The fourth-order valence-corrected chi connectivity index (χ4v) is 1.66. The summed E-state index contributed by atoms with van der Waals surface area (Å²) in [6.07, 6.45) is 3.42. The molecule has 1 aromatic heterocycles. The van der Waals surface area contributed by atoms with Crippen molar-refractivity contribution in [2.24, 2.45) is 0 Å². The molecule has 0 amide bonds. The molecule has 18 heavy (non-hydrogen) atoms. The zero-order valence-corrected chi connectivity index (χ0v) is 10.4. The molecule has 0 aromatic carbocycles. The standard InChI is InChI=1S/C11H17N3O4/c1-3-14-5-9(4-12-14)8(2)13(6-10(15)16)7-11(17)18/h4-5,8H,3,6-7H2,1-2H3,(H,15,16)(H,17,18). The van der Waals surface area contributed by atoms with E-state index in [-0.39, 0.29) is 19.1 Å². The molecule has 0 bridgehead atoms. The first kappa shape index (κ1) is 14.2. The smallest absolute Gasteiger partial charge is 0.317 e. The van der Waals surface area contributed by atoms with Gasteiger partial charge in [0.05, 0.1) is 19.3 Å². The Bertz CT molecular complexity index is 414. The summed E-state index contributed by atoms with van der Waals surface area (Å²) in [5.74, 6) is -2.10. The van der Waals surface area contributed by atoms with Gasteiger partial charge >= 0.3 is 11.9 Å². The molecule has 1 atom stereocenters. The van der Waals surface area contributed by atoms with Crippen molar-refractivity contribution in [2.75, 3.05) is 13.1 Å². The number of carbonyl (C=O) groups is 2. The Balaban J connectivity index is 2.82. The van der Waals surface area contributed by atoms with Gasteiger partial charge in [0.15, 0.2) is 0 Å². The Kier molecular flexibility index (Phi) is 4.85. The van der Waals surface area contributed by atoms with E-state index in [0.29, 0.717) is 6.54 Å². The molecule has 7 nitrogen and oxygen atoms in total. The van der Waals surface area contributed by atoms with Crippen molar-refractivity contribution in [1.29, 1.82) is 0 Å². The van der Waals surface area contributed by atoms with Crippen molar-refractivity contribution < 1.29 is 19.8 Å².